The van der Waals surface area contributed by atoms with Gasteiger partial charge >= 0.3 is 5.97 Å². The number of carbonyl (C=O) groups is 1. The molecule has 0 unspecified atom stereocenters. The molecule has 0 atom stereocenters. The van der Waals surface area contributed by atoms with Crippen molar-refractivity contribution in [2.24, 2.45) is 5.92 Å². The van der Waals surface area contributed by atoms with Crippen LogP contribution in [0.3, 0.4) is 0 Å². The summed E-state index contributed by atoms with van der Waals surface area (Å²) in [5.74, 6) is 1.54. The number of piperidine rings is 1. The molecule has 3 N–H and O–H groups in total. The number of H-pyrrole nitrogens is 1. The molecule has 2 aromatic carbocycles. The predicted molar refractivity (Wildman–Crippen MR) is 171 cm³/mol. The Kier molecular flexibility index (Phi) is 8.64. The molecule has 4 heterocycles. The fourth-order valence-corrected chi connectivity index (χ4v) is 6.01. The molecule has 0 bridgehead atoms. The van der Waals surface area contributed by atoms with E-state index in [1.54, 1.807) is 13.2 Å². The van der Waals surface area contributed by atoms with E-state index in [1.807, 2.05) is 50.4 Å². The lowest BCUT2D eigenvalue weighted by molar-refractivity contribution is 0.0460. The number of nitrogens with one attached hydrogen (secondary N) is 3. The molecule has 10 heteroatoms. The number of aromatic amines is 1. The Morgan fingerprint density at radius 2 is 1.79 bits per heavy atom. The van der Waals surface area contributed by atoms with Gasteiger partial charge in [0.25, 0.3) is 0 Å². The van der Waals surface area contributed by atoms with Gasteiger partial charge in [0.15, 0.2) is 5.82 Å². The summed E-state index contributed by atoms with van der Waals surface area (Å²) in [6, 6.07) is 16.1. The minimum atomic E-state index is -0.378. The maximum atomic E-state index is 12.8. The Hall–Kier alpha value is -4.31. The standard InChI is InChI=1S/C33H41N7O3/c1-22(2)21-43-32(41)25-8-4-5-9-26(25)35-31-30-28(12-15-34-30)37-33(38-31)36-27-11-10-24(20-29(27)42-3)40-18-13-23(14-19-40)39-16-6-7-17-39/h4-5,8-12,15,20,22-23,34H,6-7,13-14,16-19,21H2,1-3H3,(H2,35,36,37,38). The van der Waals surface area contributed by atoms with Crippen LogP contribution in [-0.4, -0.2) is 71.8 Å². The summed E-state index contributed by atoms with van der Waals surface area (Å²) < 4.78 is 11.3. The SMILES string of the molecule is COc1cc(N2CCC(N3CCCC3)CC2)ccc1Nc1nc(Nc2ccccc2C(=O)OCC(C)C)c2[nH]ccc2n1. The normalized spacial score (nSPS) is 16.1. The quantitative estimate of drug-likeness (QED) is 0.185. The van der Waals surface area contributed by atoms with Gasteiger partial charge in [0.1, 0.15) is 11.3 Å². The summed E-state index contributed by atoms with van der Waals surface area (Å²) in [7, 11) is 1.68. The van der Waals surface area contributed by atoms with E-state index in [9.17, 15) is 4.79 Å². The first-order valence-corrected chi connectivity index (χ1v) is 15.3. The molecule has 0 radical (unpaired) electrons. The van der Waals surface area contributed by atoms with E-state index in [1.165, 1.54) is 38.8 Å². The number of nitrogens with zero attached hydrogens (tertiary/aromatic N) is 4. The van der Waals surface area contributed by atoms with Crippen molar-refractivity contribution < 1.29 is 14.3 Å². The minimum Gasteiger partial charge on any atom is -0.494 e. The largest absolute Gasteiger partial charge is 0.494 e. The van der Waals surface area contributed by atoms with Crippen molar-refractivity contribution in [1.82, 2.24) is 19.9 Å². The zero-order chi connectivity index (χ0) is 29.8. The van der Waals surface area contributed by atoms with E-state index in [0.29, 0.717) is 35.7 Å². The summed E-state index contributed by atoms with van der Waals surface area (Å²) in [5, 5.41) is 6.69. The number of hydrogen-bond acceptors (Lipinski definition) is 9. The van der Waals surface area contributed by atoms with E-state index in [2.05, 4.69) is 37.6 Å². The third kappa shape index (κ3) is 6.54. The number of benzene rings is 2. The number of fused-ring (bicyclic) bond motifs is 1. The number of aromatic nitrogens is 3. The van der Waals surface area contributed by atoms with Gasteiger partial charge in [-0.1, -0.05) is 26.0 Å². The molecule has 2 aromatic heterocycles. The van der Waals surface area contributed by atoms with Crippen LogP contribution in [0, 0.1) is 5.92 Å². The summed E-state index contributed by atoms with van der Waals surface area (Å²) >= 11 is 0. The average Bonchev–Trinajstić information content (AvgIpc) is 3.74. The number of hydrogen-bond donors (Lipinski definition) is 3. The smallest absolute Gasteiger partial charge is 0.340 e. The first-order valence-electron chi connectivity index (χ1n) is 15.3. The molecule has 0 saturated carbocycles. The molecule has 0 spiro atoms. The van der Waals surface area contributed by atoms with E-state index < -0.39 is 0 Å². The molecule has 0 amide bonds. The van der Waals surface area contributed by atoms with Crippen LogP contribution in [0.5, 0.6) is 5.75 Å². The van der Waals surface area contributed by atoms with Crippen molar-refractivity contribution in [1.29, 1.82) is 0 Å². The predicted octanol–water partition coefficient (Wildman–Crippen LogP) is 6.33. The van der Waals surface area contributed by atoms with Crippen LogP contribution in [-0.2, 0) is 4.74 Å². The number of carbonyl (C=O) groups excluding carboxylic acids is 1. The van der Waals surface area contributed by atoms with Gasteiger partial charge in [-0.2, -0.15) is 4.98 Å². The van der Waals surface area contributed by atoms with Crippen LogP contribution < -0.4 is 20.3 Å². The average molecular weight is 584 g/mol. The molecule has 6 rings (SSSR count). The van der Waals surface area contributed by atoms with Gasteiger partial charge in [-0.3, -0.25) is 0 Å². The second-order valence-corrected chi connectivity index (χ2v) is 11.8. The highest BCUT2D eigenvalue weighted by atomic mass is 16.5. The molecule has 226 valence electrons. The van der Waals surface area contributed by atoms with E-state index in [4.69, 9.17) is 19.4 Å². The van der Waals surface area contributed by atoms with Gasteiger partial charge < -0.3 is 34.9 Å². The number of esters is 1. The van der Waals surface area contributed by atoms with Crippen molar-refractivity contribution in [3.63, 3.8) is 0 Å². The van der Waals surface area contributed by atoms with Crippen LogP contribution in [0.25, 0.3) is 11.0 Å². The molecule has 0 aliphatic carbocycles. The number of anilines is 5. The number of ether oxygens (including phenoxy) is 2. The van der Waals surface area contributed by atoms with Crippen molar-refractivity contribution in [3.8, 4) is 5.75 Å². The Morgan fingerprint density at radius 1 is 1.00 bits per heavy atom. The lowest BCUT2D eigenvalue weighted by atomic mass is 10.0. The molecular formula is C33H41N7O3. The zero-order valence-corrected chi connectivity index (χ0v) is 25.2. The second kappa shape index (κ2) is 12.9. The fourth-order valence-electron chi connectivity index (χ4n) is 6.01. The Bertz CT molecular complexity index is 1560. The van der Waals surface area contributed by atoms with Gasteiger partial charge in [-0.15, -0.1) is 0 Å². The lowest BCUT2D eigenvalue weighted by Crippen LogP contribution is -2.43. The summed E-state index contributed by atoms with van der Waals surface area (Å²) in [4.78, 5) is 30.7. The summed E-state index contributed by atoms with van der Waals surface area (Å²) in [5.41, 5.74) is 4.45. The Balaban J connectivity index is 1.20. The van der Waals surface area contributed by atoms with Gasteiger partial charge in [0, 0.05) is 37.1 Å². The lowest BCUT2D eigenvalue weighted by Gasteiger charge is -2.38. The second-order valence-electron chi connectivity index (χ2n) is 11.8. The van der Waals surface area contributed by atoms with Gasteiger partial charge in [-0.05, 0) is 75.0 Å². The van der Waals surface area contributed by atoms with E-state index in [0.717, 1.165) is 41.2 Å². The van der Waals surface area contributed by atoms with Gasteiger partial charge in [0.05, 0.1) is 36.2 Å². The third-order valence-corrected chi connectivity index (χ3v) is 8.27. The monoisotopic (exact) mass is 583 g/mol. The maximum absolute atomic E-state index is 12.8. The van der Waals surface area contributed by atoms with E-state index in [-0.39, 0.29) is 11.9 Å². The van der Waals surface area contributed by atoms with Crippen molar-refractivity contribution in [2.45, 2.75) is 45.6 Å². The van der Waals surface area contributed by atoms with Crippen LogP contribution in [0.4, 0.5) is 28.8 Å². The topological polar surface area (TPSA) is 108 Å². The van der Waals surface area contributed by atoms with Crippen LogP contribution in [0.1, 0.15) is 49.9 Å². The Labute approximate surface area is 252 Å². The molecule has 10 nitrogen and oxygen atoms in total. The summed E-state index contributed by atoms with van der Waals surface area (Å²) in [6.45, 7) is 8.98. The van der Waals surface area contributed by atoms with Crippen LogP contribution in [0.15, 0.2) is 54.7 Å². The molecule has 4 aromatic rings. The molecule has 43 heavy (non-hydrogen) atoms. The highest BCUT2D eigenvalue weighted by Crippen LogP contribution is 2.34. The van der Waals surface area contributed by atoms with E-state index >= 15 is 0 Å². The molecular weight excluding hydrogens is 542 g/mol. The van der Waals surface area contributed by atoms with Crippen molar-refractivity contribution in [3.05, 3.63) is 60.3 Å². The number of methoxy groups -OCH3 is 1. The fraction of sp³-hybridized carbons (Fsp3) is 0.424. The highest BCUT2D eigenvalue weighted by molar-refractivity contribution is 5.98. The highest BCUT2D eigenvalue weighted by Gasteiger charge is 2.27. The number of likely N-dealkylation sites (tertiary alicyclic amines) is 1. The summed E-state index contributed by atoms with van der Waals surface area (Å²) in [6.07, 6.45) is 6.89. The maximum Gasteiger partial charge on any atom is 0.340 e. The first-order chi connectivity index (χ1) is 21.0. The molecule has 2 aliphatic heterocycles. The molecule has 2 fully saturated rings. The molecule has 2 aliphatic rings. The van der Waals surface area contributed by atoms with Crippen molar-refractivity contribution in [2.75, 3.05) is 55.4 Å². The van der Waals surface area contributed by atoms with Gasteiger partial charge in [0.2, 0.25) is 5.95 Å². The Morgan fingerprint density at radius 3 is 2.56 bits per heavy atom. The van der Waals surface area contributed by atoms with Crippen LogP contribution in [0.2, 0.25) is 0 Å². The van der Waals surface area contributed by atoms with Gasteiger partial charge in [-0.25, -0.2) is 9.78 Å². The number of para-hydroxylation sites is 1. The van der Waals surface area contributed by atoms with Crippen LogP contribution >= 0.6 is 0 Å². The third-order valence-electron chi connectivity index (χ3n) is 8.27. The first kappa shape index (κ1) is 28.8. The minimum absolute atomic E-state index is 0.246. The van der Waals surface area contributed by atoms with Crippen molar-refractivity contribution >= 4 is 45.8 Å². The zero-order valence-electron chi connectivity index (χ0n) is 25.2. The molecule has 2 saturated heterocycles. The number of rotatable bonds is 10.